The van der Waals surface area contributed by atoms with Crippen LogP contribution in [0.1, 0.15) is 57.3 Å². The van der Waals surface area contributed by atoms with E-state index in [1.165, 1.54) is 17.7 Å². The van der Waals surface area contributed by atoms with Crippen molar-refractivity contribution >= 4 is 23.2 Å². The average molecular weight is 328 g/mol. The van der Waals surface area contributed by atoms with Crippen molar-refractivity contribution in [1.82, 2.24) is 5.32 Å². The molecule has 0 saturated heterocycles. The van der Waals surface area contributed by atoms with E-state index in [2.05, 4.69) is 11.4 Å². The van der Waals surface area contributed by atoms with Gasteiger partial charge in [0.05, 0.1) is 6.04 Å². The number of rotatable bonds is 5. The zero-order chi connectivity index (χ0) is 16.2. The SMILES string of the molecule is NC(=O)c1ccc(C(=O)N[C@H](c2cccs2)C2CCCC2)cc1. The highest BCUT2D eigenvalue weighted by Gasteiger charge is 2.28. The minimum atomic E-state index is -0.487. The molecule has 23 heavy (non-hydrogen) atoms. The fourth-order valence-electron chi connectivity index (χ4n) is 3.19. The molecule has 0 radical (unpaired) electrons. The summed E-state index contributed by atoms with van der Waals surface area (Å²) in [6.07, 6.45) is 4.78. The Labute approximate surface area is 139 Å². The zero-order valence-electron chi connectivity index (χ0n) is 12.8. The van der Waals surface area contributed by atoms with Gasteiger partial charge in [0.1, 0.15) is 0 Å². The summed E-state index contributed by atoms with van der Waals surface area (Å²) < 4.78 is 0. The number of primary amides is 1. The molecule has 1 aliphatic carbocycles. The summed E-state index contributed by atoms with van der Waals surface area (Å²) in [5, 5.41) is 5.23. The first-order chi connectivity index (χ1) is 11.1. The van der Waals surface area contributed by atoms with Crippen LogP contribution in [0.15, 0.2) is 41.8 Å². The van der Waals surface area contributed by atoms with E-state index in [0.717, 1.165) is 12.8 Å². The lowest BCUT2D eigenvalue weighted by Crippen LogP contribution is -2.32. The summed E-state index contributed by atoms with van der Waals surface area (Å²) in [5.41, 5.74) is 6.19. The molecule has 1 aromatic heterocycles. The Bertz CT molecular complexity index is 674. The van der Waals surface area contributed by atoms with Crippen molar-refractivity contribution in [2.45, 2.75) is 31.7 Å². The smallest absolute Gasteiger partial charge is 0.251 e. The van der Waals surface area contributed by atoms with Gasteiger partial charge in [0.25, 0.3) is 5.91 Å². The highest BCUT2D eigenvalue weighted by atomic mass is 32.1. The Morgan fingerprint density at radius 2 is 1.74 bits per heavy atom. The number of nitrogens with one attached hydrogen (secondary N) is 1. The second kappa shape index (κ2) is 6.96. The normalized spacial score (nSPS) is 16.2. The summed E-state index contributed by atoms with van der Waals surface area (Å²) in [5.74, 6) is -0.0896. The third-order valence-corrected chi connectivity index (χ3v) is 5.39. The van der Waals surface area contributed by atoms with Crippen molar-refractivity contribution in [3.05, 3.63) is 57.8 Å². The lowest BCUT2D eigenvalue weighted by Gasteiger charge is -2.24. The van der Waals surface area contributed by atoms with Crippen molar-refractivity contribution in [2.24, 2.45) is 11.7 Å². The largest absolute Gasteiger partial charge is 0.366 e. The number of hydrogen-bond acceptors (Lipinski definition) is 3. The third-order valence-electron chi connectivity index (χ3n) is 4.44. The molecule has 1 fully saturated rings. The van der Waals surface area contributed by atoms with Crippen LogP contribution in [0.2, 0.25) is 0 Å². The molecule has 4 nitrogen and oxygen atoms in total. The molecular weight excluding hydrogens is 308 g/mol. The Balaban J connectivity index is 1.76. The van der Waals surface area contributed by atoms with E-state index in [9.17, 15) is 9.59 Å². The first-order valence-corrected chi connectivity index (χ1v) is 8.77. The Morgan fingerprint density at radius 3 is 2.30 bits per heavy atom. The van der Waals surface area contributed by atoms with Gasteiger partial charge >= 0.3 is 0 Å². The summed E-state index contributed by atoms with van der Waals surface area (Å²) in [4.78, 5) is 24.9. The van der Waals surface area contributed by atoms with Gasteiger partial charge in [0.2, 0.25) is 5.91 Å². The zero-order valence-corrected chi connectivity index (χ0v) is 13.6. The van der Waals surface area contributed by atoms with E-state index in [-0.39, 0.29) is 11.9 Å². The van der Waals surface area contributed by atoms with Crippen LogP contribution in [0.25, 0.3) is 0 Å². The van der Waals surface area contributed by atoms with Crippen LogP contribution in [0.5, 0.6) is 0 Å². The summed E-state index contributed by atoms with van der Waals surface area (Å²) in [6.45, 7) is 0. The minimum Gasteiger partial charge on any atom is -0.366 e. The Kier molecular flexibility index (Phi) is 4.76. The molecule has 0 spiro atoms. The molecule has 3 rings (SSSR count). The van der Waals surface area contributed by atoms with Gasteiger partial charge in [-0.2, -0.15) is 0 Å². The fourth-order valence-corrected chi connectivity index (χ4v) is 4.06. The van der Waals surface area contributed by atoms with E-state index in [1.54, 1.807) is 35.6 Å². The minimum absolute atomic E-state index is 0.0702. The van der Waals surface area contributed by atoms with Crippen molar-refractivity contribution in [2.75, 3.05) is 0 Å². The van der Waals surface area contributed by atoms with Gasteiger partial charge in [-0.25, -0.2) is 0 Å². The number of thiophene rings is 1. The molecule has 1 atom stereocenters. The second-order valence-electron chi connectivity index (χ2n) is 5.95. The molecule has 0 bridgehead atoms. The number of hydrogen-bond donors (Lipinski definition) is 2. The highest BCUT2D eigenvalue weighted by Crippen LogP contribution is 2.37. The van der Waals surface area contributed by atoms with Crippen LogP contribution in [0, 0.1) is 5.92 Å². The molecular formula is C18H20N2O2S. The maximum atomic E-state index is 12.6. The van der Waals surface area contributed by atoms with E-state index in [1.807, 2.05) is 11.4 Å². The molecule has 1 heterocycles. The topological polar surface area (TPSA) is 72.2 Å². The number of amides is 2. The van der Waals surface area contributed by atoms with Crippen LogP contribution in [-0.4, -0.2) is 11.8 Å². The van der Waals surface area contributed by atoms with Crippen molar-refractivity contribution in [1.29, 1.82) is 0 Å². The van der Waals surface area contributed by atoms with Gasteiger partial charge in [0.15, 0.2) is 0 Å². The maximum absolute atomic E-state index is 12.6. The molecule has 1 saturated carbocycles. The molecule has 1 aliphatic rings. The molecule has 0 unspecified atom stereocenters. The van der Waals surface area contributed by atoms with Gasteiger partial charge in [-0.3, -0.25) is 9.59 Å². The van der Waals surface area contributed by atoms with Crippen LogP contribution in [-0.2, 0) is 0 Å². The number of nitrogens with two attached hydrogens (primary N) is 1. The summed E-state index contributed by atoms with van der Waals surface area (Å²) in [7, 11) is 0. The van der Waals surface area contributed by atoms with Gasteiger partial charge in [-0.1, -0.05) is 18.9 Å². The maximum Gasteiger partial charge on any atom is 0.251 e. The monoisotopic (exact) mass is 328 g/mol. The second-order valence-corrected chi connectivity index (χ2v) is 6.93. The van der Waals surface area contributed by atoms with E-state index in [4.69, 9.17) is 5.73 Å². The van der Waals surface area contributed by atoms with E-state index < -0.39 is 5.91 Å². The van der Waals surface area contributed by atoms with Crippen molar-refractivity contribution in [3.63, 3.8) is 0 Å². The molecule has 3 N–H and O–H groups in total. The number of benzene rings is 1. The molecule has 5 heteroatoms. The Hall–Kier alpha value is -2.14. The number of carbonyl (C=O) groups excluding carboxylic acids is 2. The van der Waals surface area contributed by atoms with Crippen LogP contribution in [0.3, 0.4) is 0 Å². The molecule has 1 aromatic carbocycles. The molecule has 2 amide bonds. The third kappa shape index (κ3) is 3.62. The van der Waals surface area contributed by atoms with Crippen LogP contribution >= 0.6 is 11.3 Å². The van der Waals surface area contributed by atoms with Gasteiger partial charge < -0.3 is 11.1 Å². The predicted molar refractivity (Wildman–Crippen MR) is 91.4 cm³/mol. The summed E-state index contributed by atoms with van der Waals surface area (Å²) in [6, 6.07) is 10.7. The average Bonchev–Trinajstić information content (AvgIpc) is 3.26. The van der Waals surface area contributed by atoms with Crippen LogP contribution in [0.4, 0.5) is 0 Å². The van der Waals surface area contributed by atoms with Crippen LogP contribution < -0.4 is 11.1 Å². The van der Waals surface area contributed by atoms with E-state index >= 15 is 0 Å². The lowest BCUT2D eigenvalue weighted by atomic mass is 9.96. The molecule has 0 aliphatic heterocycles. The lowest BCUT2D eigenvalue weighted by molar-refractivity contribution is 0.0921. The van der Waals surface area contributed by atoms with E-state index in [0.29, 0.717) is 17.0 Å². The standard InChI is InChI=1S/C18H20N2O2S/c19-17(21)13-7-9-14(10-8-13)18(22)20-16(12-4-1-2-5-12)15-6-3-11-23-15/h3,6-12,16H,1-2,4-5H2,(H2,19,21)(H,20,22)/t16-/m0/s1. The van der Waals surface area contributed by atoms with Gasteiger partial charge in [-0.15, -0.1) is 11.3 Å². The predicted octanol–water partition coefficient (Wildman–Crippen LogP) is 3.51. The Morgan fingerprint density at radius 1 is 1.09 bits per heavy atom. The fraction of sp³-hybridized carbons (Fsp3) is 0.333. The van der Waals surface area contributed by atoms with Gasteiger partial charge in [-0.05, 0) is 54.5 Å². The summed E-state index contributed by atoms with van der Waals surface area (Å²) >= 11 is 1.69. The first kappa shape index (κ1) is 15.7. The first-order valence-electron chi connectivity index (χ1n) is 7.89. The van der Waals surface area contributed by atoms with Crippen molar-refractivity contribution in [3.8, 4) is 0 Å². The number of carbonyl (C=O) groups is 2. The highest BCUT2D eigenvalue weighted by molar-refractivity contribution is 7.10. The molecule has 120 valence electrons. The van der Waals surface area contributed by atoms with Crippen molar-refractivity contribution < 1.29 is 9.59 Å². The molecule has 2 aromatic rings. The quantitative estimate of drug-likeness (QED) is 0.881. The van der Waals surface area contributed by atoms with Gasteiger partial charge in [0, 0.05) is 16.0 Å².